The Kier molecular flexibility index (Phi) is 3.06. The fraction of sp³-hybridized carbons (Fsp3) is 0. The third kappa shape index (κ3) is 1.76. The molecule has 0 aliphatic carbocycles. The molecule has 2 aromatic rings. The van der Waals surface area contributed by atoms with E-state index in [2.05, 4.69) is 22.6 Å². The molecule has 2 aromatic carbocycles. The summed E-state index contributed by atoms with van der Waals surface area (Å²) >= 11 is 4.10. The normalized spacial score (nSPS) is 15.4. The van der Waals surface area contributed by atoms with Gasteiger partial charge in [0.2, 0.25) is 9.84 Å². The van der Waals surface area contributed by atoms with Gasteiger partial charge in [0.25, 0.3) is 0 Å². The van der Waals surface area contributed by atoms with Gasteiger partial charge in [0.1, 0.15) is 15.5 Å². The van der Waals surface area contributed by atoms with Crippen molar-refractivity contribution in [3.8, 4) is 11.5 Å². The van der Waals surface area contributed by atoms with Crippen molar-refractivity contribution in [1.29, 1.82) is 0 Å². The van der Waals surface area contributed by atoms with Crippen LogP contribution in [0.25, 0.3) is 0 Å². The van der Waals surface area contributed by atoms with E-state index in [9.17, 15) is 8.42 Å². The minimum atomic E-state index is -3.49. The second-order valence-electron chi connectivity index (χ2n) is 3.74. The van der Waals surface area contributed by atoms with E-state index >= 15 is 0 Å². The highest BCUT2D eigenvalue weighted by Crippen LogP contribution is 2.46. The zero-order valence-electron chi connectivity index (χ0n) is 8.85. The largest absolute Gasteiger partial charge is 0.453 e. The number of benzene rings is 2. The SMILES string of the molecule is O=S1(=O)c2ccccc2Oc2c(I)ccc(I)c21. The van der Waals surface area contributed by atoms with Crippen LogP contribution in [0, 0.1) is 7.14 Å². The lowest BCUT2D eigenvalue weighted by atomic mass is 10.3. The molecule has 0 saturated heterocycles. The number of sulfone groups is 1. The van der Waals surface area contributed by atoms with Crippen LogP contribution >= 0.6 is 45.2 Å². The van der Waals surface area contributed by atoms with E-state index in [1.54, 1.807) is 30.3 Å². The minimum Gasteiger partial charge on any atom is -0.453 e. The highest BCUT2D eigenvalue weighted by Gasteiger charge is 2.34. The summed E-state index contributed by atoms with van der Waals surface area (Å²) in [6, 6.07) is 10.3. The standard InChI is InChI=1S/C12H6I2O3S/c13-7-5-6-8(14)12-11(7)17-9-3-1-2-4-10(9)18(12,15)16/h1-6H. The molecule has 18 heavy (non-hydrogen) atoms. The summed E-state index contributed by atoms with van der Waals surface area (Å²) in [6.07, 6.45) is 0. The Morgan fingerprint density at radius 2 is 1.61 bits per heavy atom. The van der Waals surface area contributed by atoms with Gasteiger partial charge in [-0.05, 0) is 69.4 Å². The van der Waals surface area contributed by atoms with Crippen molar-refractivity contribution in [2.24, 2.45) is 0 Å². The van der Waals surface area contributed by atoms with Crippen LogP contribution in [-0.4, -0.2) is 8.42 Å². The number of fused-ring (bicyclic) bond motifs is 2. The smallest absolute Gasteiger partial charge is 0.215 e. The van der Waals surface area contributed by atoms with Crippen LogP contribution in [0.2, 0.25) is 0 Å². The van der Waals surface area contributed by atoms with Crippen molar-refractivity contribution in [3.05, 3.63) is 43.5 Å². The summed E-state index contributed by atoms with van der Waals surface area (Å²) < 4.78 is 32.4. The van der Waals surface area contributed by atoms with E-state index in [4.69, 9.17) is 4.74 Å². The molecule has 0 bridgehead atoms. The average molecular weight is 484 g/mol. The van der Waals surface area contributed by atoms with Crippen LogP contribution in [-0.2, 0) is 9.84 Å². The zero-order valence-corrected chi connectivity index (χ0v) is 14.0. The number of hydrogen-bond acceptors (Lipinski definition) is 3. The Labute approximate surface area is 132 Å². The molecule has 1 aliphatic heterocycles. The molecule has 0 saturated carbocycles. The first kappa shape index (κ1) is 12.7. The van der Waals surface area contributed by atoms with Crippen molar-refractivity contribution < 1.29 is 13.2 Å². The molecule has 0 fully saturated rings. The molecule has 0 radical (unpaired) electrons. The summed E-state index contributed by atoms with van der Waals surface area (Å²) in [5.74, 6) is 0.825. The van der Waals surface area contributed by atoms with E-state index in [1.165, 1.54) is 0 Å². The lowest BCUT2D eigenvalue weighted by Crippen LogP contribution is -2.13. The van der Waals surface area contributed by atoms with Gasteiger partial charge >= 0.3 is 0 Å². The number of rotatable bonds is 0. The van der Waals surface area contributed by atoms with Gasteiger partial charge in [-0.1, -0.05) is 12.1 Å². The maximum Gasteiger partial charge on any atom is 0.215 e. The quantitative estimate of drug-likeness (QED) is 0.456. The van der Waals surface area contributed by atoms with E-state index in [-0.39, 0.29) is 9.79 Å². The lowest BCUT2D eigenvalue weighted by Gasteiger charge is -2.22. The van der Waals surface area contributed by atoms with Crippen LogP contribution in [0.1, 0.15) is 0 Å². The maximum atomic E-state index is 12.6. The molecule has 0 amide bonds. The van der Waals surface area contributed by atoms with Gasteiger partial charge in [0.15, 0.2) is 5.75 Å². The Morgan fingerprint density at radius 1 is 0.944 bits per heavy atom. The molecular weight excluding hydrogens is 478 g/mol. The summed E-state index contributed by atoms with van der Waals surface area (Å²) in [4.78, 5) is 0.506. The summed E-state index contributed by atoms with van der Waals surface area (Å²) in [5, 5.41) is 0. The molecule has 0 spiro atoms. The molecule has 3 nitrogen and oxygen atoms in total. The van der Waals surface area contributed by atoms with Crippen LogP contribution in [0.15, 0.2) is 46.2 Å². The maximum absolute atomic E-state index is 12.6. The number of para-hydroxylation sites is 1. The third-order valence-corrected chi connectivity index (χ3v) is 6.61. The van der Waals surface area contributed by atoms with E-state index < -0.39 is 9.84 Å². The second kappa shape index (κ2) is 4.34. The molecule has 3 rings (SSSR count). The van der Waals surface area contributed by atoms with Gasteiger partial charge in [-0.2, -0.15) is 0 Å². The van der Waals surface area contributed by atoms with Gasteiger partial charge in [-0.15, -0.1) is 0 Å². The van der Waals surface area contributed by atoms with Crippen molar-refractivity contribution in [2.75, 3.05) is 0 Å². The van der Waals surface area contributed by atoms with Gasteiger partial charge in [-0.3, -0.25) is 0 Å². The predicted octanol–water partition coefficient (Wildman–Crippen LogP) is 3.83. The fourth-order valence-corrected chi connectivity index (χ4v) is 5.45. The van der Waals surface area contributed by atoms with Crippen molar-refractivity contribution in [1.82, 2.24) is 0 Å². The Hall–Kier alpha value is -0.350. The molecule has 0 atom stereocenters. The summed E-state index contributed by atoms with van der Waals surface area (Å²) in [7, 11) is -3.49. The molecule has 0 unspecified atom stereocenters. The first-order valence-corrected chi connectivity index (χ1v) is 8.66. The average Bonchev–Trinajstić information content (AvgIpc) is 2.33. The first-order valence-electron chi connectivity index (χ1n) is 5.02. The highest BCUT2D eigenvalue weighted by atomic mass is 127. The van der Waals surface area contributed by atoms with Crippen LogP contribution in [0.4, 0.5) is 0 Å². The lowest BCUT2D eigenvalue weighted by molar-refractivity contribution is 0.438. The second-order valence-corrected chi connectivity index (χ2v) is 7.92. The fourth-order valence-electron chi connectivity index (χ4n) is 1.84. The van der Waals surface area contributed by atoms with Crippen LogP contribution in [0.5, 0.6) is 11.5 Å². The predicted molar refractivity (Wildman–Crippen MR) is 83.8 cm³/mol. The van der Waals surface area contributed by atoms with E-state index in [1.807, 2.05) is 28.7 Å². The Bertz CT molecular complexity index is 754. The Balaban J connectivity index is 2.43. The number of halogens is 2. The van der Waals surface area contributed by atoms with Crippen LogP contribution in [0.3, 0.4) is 0 Å². The van der Waals surface area contributed by atoms with E-state index in [0.29, 0.717) is 15.1 Å². The molecule has 1 heterocycles. The molecule has 0 aromatic heterocycles. The number of ether oxygens (including phenoxy) is 1. The Morgan fingerprint density at radius 3 is 2.39 bits per heavy atom. The van der Waals surface area contributed by atoms with Crippen molar-refractivity contribution >= 4 is 55.0 Å². The number of hydrogen-bond donors (Lipinski definition) is 0. The van der Waals surface area contributed by atoms with Gasteiger partial charge in [0.05, 0.1) is 3.57 Å². The summed E-state index contributed by atoms with van der Waals surface area (Å²) in [5.41, 5.74) is 0. The molecule has 6 heteroatoms. The first-order chi connectivity index (χ1) is 8.51. The molecular formula is C12H6I2O3S. The topological polar surface area (TPSA) is 43.4 Å². The molecule has 1 aliphatic rings. The summed E-state index contributed by atoms with van der Waals surface area (Å²) in [6.45, 7) is 0. The van der Waals surface area contributed by atoms with Crippen LogP contribution < -0.4 is 4.74 Å². The monoisotopic (exact) mass is 484 g/mol. The third-order valence-electron chi connectivity index (χ3n) is 2.64. The zero-order chi connectivity index (χ0) is 12.9. The van der Waals surface area contributed by atoms with Crippen molar-refractivity contribution in [2.45, 2.75) is 9.79 Å². The molecule has 0 N–H and O–H groups in total. The highest BCUT2D eigenvalue weighted by molar-refractivity contribution is 14.1. The van der Waals surface area contributed by atoms with Gasteiger partial charge < -0.3 is 4.74 Å². The minimum absolute atomic E-state index is 0.234. The molecule has 92 valence electrons. The van der Waals surface area contributed by atoms with Gasteiger partial charge in [0, 0.05) is 3.57 Å². The van der Waals surface area contributed by atoms with Crippen molar-refractivity contribution in [3.63, 3.8) is 0 Å². The van der Waals surface area contributed by atoms with E-state index in [0.717, 1.165) is 3.57 Å². The van der Waals surface area contributed by atoms with Gasteiger partial charge in [-0.25, -0.2) is 8.42 Å².